The molecule has 0 N–H and O–H groups in total. The zero-order valence-corrected chi connectivity index (χ0v) is 18.8. The maximum Gasteiger partial charge on any atom is 0.310 e. The molecule has 0 aromatic rings. The molecule has 134 valence electrons. The van der Waals surface area contributed by atoms with Crippen molar-refractivity contribution in [1.29, 1.82) is 0 Å². The Morgan fingerprint density at radius 1 is 0.682 bits per heavy atom. The highest BCUT2D eigenvalue weighted by Gasteiger charge is 2.13. The summed E-state index contributed by atoms with van der Waals surface area (Å²) >= 11 is 0. The number of rotatable bonds is 9. The summed E-state index contributed by atoms with van der Waals surface area (Å²) in [5.41, 5.74) is 0. The molecule has 0 rings (SSSR count). The Labute approximate surface area is 168 Å². The second-order valence-electron chi connectivity index (χ2n) is 7.08. The Bertz CT molecular complexity index is 294. The Hall–Kier alpha value is 0.320. The van der Waals surface area contributed by atoms with Gasteiger partial charge in [0.2, 0.25) is 13.5 Å². The van der Waals surface area contributed by atoms with Gasteiger partial charge in [0.05, 0.1) is 42.3 Å². The number of unbranched alkanes of at least 4 members (excludes halogenated alkanes) is 1. The van der Waals surface area contributed by atoms with E-state index in [1.807, 2.05) is 42.3 Å². The first-order valence-corrected chi connectivity index (χ1v) is 6.92. The van der Waals surface area contributed by atoms with Gasteiger partial charge in [-0.25, -0.2) is 0 Å². The van der Waals surface area contributed by atoms with Crippen LogP contribution in [0.5, 0.6) is 0 Å². The fourth-order valence-electron chi connectivity index (χ4n) is 1.21. The van der Waals surface area contributed by atoms with Gasteiger partial charge in [0.25, 0.3) is 0 Å². The Kier molecular flexibility index (Phi) is 15.7. The standard InChI is InChI=1S/C14H30N2O4.2HI/c1-15(2,3)11-19-13(17)9-7-8-10-14(18)20-12-16(4,5)6;;/h7-12H2,1-6H3;2*1H/q+2;;/p-2. The molecular formula is C14H30I2N2O4. The molecule has 0 heterocycles. The van der Waals surface area contributed by atoms with Crippen molar-refractivity contribution in [1.82, 2.24) is 0 Å². The van der Waals surface area contributed by atoms with E-state index in [4.69, 9.17) is 9.47 Å². The third kappa shape index (κ3) is 20.3. The predicted molar refractivity (Wildman–Crippen MR) is 76.5 cm³/mol. The molecule has 6 nitrogen and oxygen atoms in total. The van der Waals surface area contributed by atoms with E-state index in [1.54, 1.807) is 0 Å². The van der Waals surface area contributed by atoms with E-state index in [9.17, 15) is 9.59 Å². The molecule has 0 unspecified atom stereocenters. The topological polar surface area (TPSA) is 52.6 Å². The van der Waals surface area contributed by atoms with Gasteiger partial charge in [-0.2, -0.15) is 0 Å². The van der Waals surface area contributed by atoms with E-state index < -0.39 is 0 Å². The molecule has 0 aromatic carbocycles. The lowest BCUT2D eigenvalue weighted by Crippen LogP contribution is -3.00. The summed E-state index contributed by atoms with van der Waals surface area (Å²) in [4.78, 5) is 22.9. The molecule has 22 heavy (non-hydrogen) atoms. The minimum Gasteiger partial charge on any atom is -1.00 e. The Morgan fingerprint density at radius 3 is 1.18 bits per heavy atom. The lowest BCUT2D eigenvalue weighted by molar-refractivity contribution is -0.888. The number of halogens is 2. The maximum absolute atomic E-state index is 11.4. The van der Waals surface area contributed by atoms with Crippen LogP contribution < -0.4 is 48.0 Å². The van der Waals surface area contributed by atoms with Crippen LogP contribution in [-0.2, 0) is 19.1 Å². The highest BCUT2D eigenvalue weighted by Crippen LogP contribution is 2.04. The van der Waals surface area contributed by atoms with Crippen LogP contribution in [0.3, 0.4) is 0 Å². The maximum atomic E-state index is 11.4. The molecular weight excluding hydrogens is 514 g/mol. The van der Waals surface area contributed by atoms with E-state index in [0.29, 0.717) is 48.1 Å². The highest BCUT2D eigenvalue weighted by atomic mass is 127. The van der Waals surface area contributed by atoms with Crippen LogP contribution in [0.15, 0.2) is 0 Å². The molecule has 0 aromatic heterocycles. The molecule has 0 saturated heterocycles. The number of ether oxygens (including phenoxy) is 2. The fourth-order valence-corrected chi connectivity index (χ4v) is 1.21. The molecule has 0 atom stereocenters. The lowest BCUT2D eigenvalue weighted by atomic mass is 10.2. The van der Waals surface area contributed by atoms with Gasteiger partial charge < -0.3 is 57.4 Å². The molecule has 0 aliphatic rings. The van der Waals surface area contributed by atoms with E-state index in [0.717, 1.165) is 0 Å². The van der Waals surface area contributed by atoms with Gasteiger partial charge in [0.1, 0.15) is 0 Å². The minimum absolute atomic E-state index is 0. The SMILES string of the molecule is C[N+](C)(C)COC(=O)CCCCC(=O)OC[N+](C)(C)C.[I-].[I-]. The molecule has 0 aliphatic heterocycles. The smallest absolute Gasteiger partial charge is 0.310 e. The Morgan fingerprint density at radius 2 is 0.955 bits per heavy atom. The summed E-state index contributed by atoms with van der Waals surface area (Å²) in [5.74, 6) is -0.421. The highest BCUT2D eigenvalue weighted by molar-refractivity contribution is 5.70. The summed E-state index contributed by atoms with van der Waals surface area (Å²) < 4.78 is 11.4. The van der Waals surface area contributed by atoms with Gasteiger partial charge in [-0.3, -0.25) is 18.6 Å². The molecule has 0 saturated carbocycles. The summed E-state index contributed by atoms with van der Waals surface area (Å²) in [6.07, 6.45) is 2.00. The average molecular weight is 544 g/mol. The number of esters is 2. The first kappa shape index (κ1) is 27.2. The van der Waals surface area contributed by atoms with Crippen LogP contribution in [0.2, 0.25) is 0 Å². The molecule has 0 bridgehead atoms. The Balaban J connectivity index is -0.00000180. The monoisotopic (exact) mass is 544 g/mol. The third-order valence-electron chi connectivity index (χ3n) is 2.24. The molecule has 0 amide bonds. The van der Waals surface area contributed by atoms with Gasteiger partial charge in [0, 0.05) is 12.8 Å². The van der Waals surface area contributed by atoms with Gasteiger partial charge in [-0.15, -0.1) is 0 Å². The van der Waals surface area contributed by atoms with Crippen molar-refractivity contribution in [3.63, 3.8) is 0 Å². The number of quaternary nitrogens is 2. The van der Waals surface area contributed by atoms with Gasteiger partial charge in [0.15, 0.2) is 0 Å². The summed E-state index contributed by atoms with van der Waals surface area (Å²) in [6.45, 7) is 0.731. The van der Waals surface area contributed by atoms with E-state index in [1.165, 1.54) is 0 Å². The summed E-state index contributed by atoms with van der Waals surface area (Å²) in [5, 5.41) is 0. The van der Waals surface area contributed by atoms with Crippen LogP contribution in [0, 0.1) is 0 Å². The van der Waals surface area contributed by atoms with E-state index >= 15 is 0 Å². The van der Waals surface area contributed by atoms with Crippen LogP contribution in [0.4, 0.5) is 0 Å². The molecule has 0 radical (unpaired) electrons. The van der Waals surface area contributed by atoms with Crippen LogP contribution in [0.1, 0.15) is 25.7 Å². The largest absolute Gasteiger partial charge is 1.00 e. The van der Waals surface area contributed by atoms with Crippen LogP contribution in [-0.4, -0.2) is 76.7 Å². The zero-order valence-electron chi connectivity index (χ0n) is 14.5. The quantitative estimate of drug-likeness (QED) is 0.0961. The number of hydrogen-bond donors (Lipinski definition) is 0. The third-order valence-corrected chi connectivity index (χ3v) is 2.24. The summed E-state index contributed by atoms with van der Waals surface area (Å²) in [7, 11) is 11.7. The average Bonchev–Trinajstić information content (AvgIpc) is 2.27. The molecule has 0 aliphatic carbocycles. The number of nitrogens with zero attached hydrogens (tertiary/aromatic N) is 2. The van der Waals surface area contributed by atoms with Crippen molar-refractivity contribution in [2.24, 2.45) is 0 Å². The van der Waals surface area contributed by atoms with Crippen molar-refractivity contribution in [3.05, 3.63) is 0 Å². The van der Waals surface area contributed by atoms with Gasteiger partial charge in [-0.1, -0.05) is 0 Å². The normalized spacial score (nSPS) is 11.0. The molecule has 0 fully saturated rings. The van der Waals surface area contributed by atoms with Gasteiger partial charge >= 0.3 is 11.9 Å². The number of hydrogen-bond acceptors (Lipinski definition) is 4. The van der Waals surface area contributed by atoms with Crippen molar-refractivity contribution in [2.75, 3.05) is 55.7 Å². The van der Waals surface area contributed by atoms with Crippen molar-refractivity contribution < 1.29 is 76.0 Å². The molecule has 8 heteroatoms. The van der Waals surface area contributed by atoms with E-state index in [2.05, 4.69) is 0 Å². The first-order valence-electron chi connectivity index (χ1n) is 6.92. The summed E-state index contributed by atoms with van der Waals surface area (Å²) in [6, 6.07) is 0. The molecule has 0 spiro atoms. The van der Waals surface area contributed by atoms with Crippen molar-refractivity contribution >= 4 is 11.9 Å². The van der Waals surface area contributed by atoms with E-state index in [-0.39, 0.29) is 59.9 Å². The predicted octanol–water partition coefficient (Wildman–Crippen LogP) is -5.03. The zero-order chi connectivity index (χ0) is 15.8. The second-order valence-corrected chi connectivity index (χ2v) is 7.08. The first-order chi connectivity index (χ1) is 8.99. The van der Waals surface area contributed by atoms with Crippen LogP contribution in [0.25, 0.3) is 0 Å². The fraction of sp³-hybridized carbons (Fsp3) is 0.857. The second kappa shape index (κ2) is 12.7. The number of carbonyl (C=O) groups is 2. The number of carbonyl (C=O) groups excluding carboxylic acids is 2. The van der Waals surface area contributed by atoms with Gasteiger partial charge in [-0.05, 0) is 12.8 Å². The van der Waals surface area contributed by atoms with Crippen LogP contribution >= 0.6 is 0 Å². The van der Waals surface area contributed by atoms with Crippen molar-refractivity contribution in [3.8, 4) is 0 Å². The minimum atomic E-state index is -0.210. The van der Waals surface area contributed by atoms with Crippen molar-refractivity contribution in [2.45, 2.75) is 25.7 Å². The lowest BCUT2D eigenvalue weighted by Gasteiger charge is -2.23.